The molecule has 0 unspecified atom stereocenters. The van der Waals surface area contributed by atoms with Crippen LogP contribution in [0.2, 0.25) is 0 Å². The van der Waals surface area contributed by atoms with Gasteiger partial charge in [0, 0.05) is 10.8 Å². The Morgan fingerprint density at radius 3 is 2.86 bits per heavy atom. The Kier molecular flexibility index (Phi) is 5.39. The number of aromatic nitrogens is 1. The second-order valence-electron chi connectivity index (χ2n) is 6.66. The number of carbonyl (C=O) groups is 1. The van der Waals surface area contributed by atoms with Gasteiger partial charge >= 0.3 is 0 Å². The van der Waals surface area contributed by atoms with Crippen LogP contribution in [0.1, 0.15) is 34.9 Å². The molecule has 0 spiro atoms. The molecule has 29 heavy (non-hydrogen) atoms. The van der Waals surface area contributed by atoms with Gasteiger partial charge in [0.05, 0.1) is 12.8 Å². The minimum absolute atomic E-state index is 0.0296. The van der Waals surface area contributed by atoms with Crippen LogP contribution in [0.15, 0.2) is 43.7 Å². The van der Waals surface area contributed by atoms with Crippen molar-refractivity contribution in [2.75, 3.05) is 5.32 Å². The van der Waals surface area contributed by atoms with Crippen LogP contribution >= 0.6 is 11.3 Å². The zero-order valence-electron chi connectivity index (χ0n) is 15.5. The molecule has 1 fully saturated rings. The first-order chi connectivity index (χ1) is 13.9. The summed E-state index contributed by atoms with van der Waals surface area (Å²) in [5.74, 6) is 0.995. The van der Waals surface area contributed by atoms with E-state index in [1.807, 2.05) is 0 Å². The van der Waals surface area contributed by atoms with E-state index in [9.17, 15) is 13.2 Å². The van der Waals surface area contributed by atoms with Crippen LogP contribution in [0.5, 0.6) is 0 Å². The van der Waals surface area contributed by atoms with Crippen LogP contribution in [0, 0.1) is 12.8 Å². The minimum Gasteiger partial charge on any atom is -0.468 e. The molecule has 4 rings (SSSR count). The molecule has 2 N–H and O–H groups in total. The Morgan fingerprint density at radius 1 is 1.31 bits per heavy atom. The molecule has 1 saturated carbocycles. The molecule has 0 atom stereocenters. The second-order valence-corrected chi connectivity index (χ2v) is 9.77. The van der Waals surface area contributed by atoms with Crippen molar-refractivity contribution < 1.29 is 22.2 Å². The zero-order valence-corrected chi connectivity index (χ0v) is 17.2. The van der Waals surface area contributed by atoms with E-state index in [2.05, 4.69) is 15.2 Å². The van der Waals surface area contributed by atoms with Gasteiger partial charge in [0.1, 0.15) is 21.4 Å². The Morgan fingerprint density at radius 2 is 2.14 bits per heavy atom. The molecule has 1 aliphatic rings. The average molecular weight is 434 g/mol. The number of aryl methyl sites for hydroxylation is 1. The van der Waals surface area contributed by atoms with Gasteiger partial charge in [-0.05, 0) is 56.2 Å². The number of rotatable bonds is 8. The van der Waals surface area contributed by atoms with Gasteiger partial charge in [-0.3, -0.25) is 4.79 Å². The topological polar surface area (TPSA) is 114 Å². The first kappa shape index (κ1) is 19.6. The predicted octanol–water partition coefficient (Wildman–Crippen LogP) is 3.63. The van der Waals surface area contributed by atoms with Crippen molar-refractivity contribution in [1.29, 1.82) is 0 Å². The summed E-state index contributed by atoms with van der Waals surface area (Å²) in [5.41, 5.74) is 1.14. The van der Waals surface area contributed by atoms with Crippen LogP contribution in [-0.2, 0) is 21.4 Å². The summed E-state index contributed by atoms with van der Waals surface area (Å²) < 4.78 is 38.0. The molecule has 0 saturated heterocycles. The van der Waals surface area contributed by atoms with E-state index in [4.69, 9.17) is 8.94 Å². The van der Waals surface area contributed by atoms with E-state index in [1.54, 1.807) is 37.3 Å². The van der Waals surface area contributed by atoms with Gasteiger partial charge < -0.3 is 14.3 Å². The van der Waals surface area contributed by atoms with Gasteiger partial charge in [0.15, 0.2) is 5.76 Å². The largest absolute Gasteiger partial charge is 0.468 e. The Bertz CT molecular complexity index is 1140. The smallest absolute Gasteiger partial charge is 0.250 e. The minimum atomic E-state index is -3.64. The predicted molar refractivity (Wildman–Crippen MR) is 109 cm³/mol. The highest BCUT2D eigenvalue weighted by Gasteiger charge is 2.30. The number of amides is 1. The number of thiophene rings is 1. The lowest BCUT2D eigenvalue weighted by molar-refractivity contribution is -0.117. The number of carbonyl (C=O) groups excluding carboxylic acids is 1. The summed E-state index contributed by atoms with van der Waals surface area (Å²) in [7, 11) is -3.64. The van der Waals surface area contributed by atoms with Crippen LogP contribution in [0.25, 0.3) is 12.2 Å². The summed E-state index contributed by atoms with van der Waals surface area (Å²) in [4.78, 5) is 12.7. The fourth-order valence-corrected chi connectivity index (χ4v) is 4.87. The van der Waals surface area contributed by atoms with Gasteiger partial charge in [-0.25, -0.2) is 13.1 Å². The fourth-order valence-electron chi connectivity index (χ4n) is 2.60. The summed E-state index contributed by atoms with van der Waals surface area (Å²) in [5, 5.41) is 6.76. The van der Waals surface area contributed by atoms with Crippen molar-refractivity contribution in [3.8, 4) is 0 Å². The highest BCUT2D eigenvalue weighted by molar-refractivity contribution is 7.91. The maximum atomic E-state index is 12.4. The second kappa shape index (κ2) is 7.97. The Balaban J connectivity index is 1.45. The maximum Gasteiger partial charge on any atom is 0.250 e. The number of anilines is 1. The lowest BCUT2D eigenvalue weighted by Gasteiger charge is -2.02. The fraction of sp³-hybridized carbons (Fsp3) is 0.263. The zero-order chi connectivity index (χ0) is 20.4. The molecule has 3 aromatic rings. The lowest BCUT2D eigenvalue weighted by Crippen LogP contribution is -2.22. The third-order valence-corrected chi connectivity index (χ3v) is 7.31. The Hall–Kier alpha value is -2.69. The number of furan rings is 1. The average Bonchev–Trinajstić information content (AvgIpc) is 3.07. The monoisotopic (exact) mass is 433 g/mol. The van der Waals surface area contributed by atoms with E-state index in [-0.39, 0.29) is 22.6 Å². The van der Waals surface area contributed by atoms with Crippen LogP contribution in [0.3, 0.4) is 0 Å². The van der Waals surface area contributed by atoms with E-state index in [1.165, 1.54) is 12.3 Å². The number of nitrogens with zero attached hydrogens (tertiary/aromatic N) is 1. The molecule has 3 heterocycles. The number of hydrogen-bond donors (Lipinski definition) is 2. The molecule has 3 aromatic heterocycles. The molecule has 0 radical (unpaired) electrons. The lowest BCUT2D eigenvalue weighted by atomic mass is 10.2. The molecule has 10 heteroatoms. The van der Waals surface area contributed by atoms with E-state index in [0.29, 0.717) is 22.9 Å². The van der Waals surface area contributed by atoms with Crippen molar-refractivity contribution in [3.63, 3.8) is 0 Å². The van der Waals surface area contributed by atoms with Crippen LogP contribution in [-0.4, -0.2) is 19.5 Å². The summed E-state index contributed by atoms with van der Waals surface area (Å²) in [6.45, 7) is 1.84. The highest BCUT2D eigenvalue weighted by atomic mass is 32.2. The van der Waals surface area contributed by atoms with Crippen molar-refractivity contribution in [2.24, 2.45) is 5.92 Å². The summed E-state index contributed by atoms with van der Waals surface area (Å²) in [6, 6.07) is 6.64. The van der Waals surface area contributed by atoms with Gasteiger partial charge in [-0.15, -0.1) is 11.3 Å². The third kappa shape index (κ3) is 4.66. The van der Waals surface area contributed by atoms with Gasteiger partial charge in [-0.2, -0.15) is 0 Å². The molecule has 0 aliphatic heterocycles. The molecule has 1 aliphatic carbocycles. The van der Waals surface area contributed by atoms with E-state index < -0.39 is 10.0 Å². The van der Waals surface area contributed by atoms with Crippen LogP contribution < -0.4 is 10.0 Å². The van der Waals surface area contributed by atoms with Gasteiger partial charge in [0.2, 0.25) is 15.9 Å². The summed E-state index contributed by atoms with van der Waals surface area (Å²) in [6.07, 6.45) is 6.69. The quantitative estimate of drug-likeness (QED) is 0.561. The SMILES string of the molecule is Cc1noc(/C=C/c2ccc(S(=O)(=O)NCc3ccco3)s2)c1NC(=O)C1CC1. The number of hydrogen-bond acceptors (Lipinski definition) is 7. The first-order valence-electron chi connectivity index (χ1n) is 8.99. The molecule has 0 bridgehead atoms. The number of nitrogens with one attached hydrogen (secondary N) is 2. The number of sulfonamides is 1. The molecule has 8 nitrogen and oxygen atoms in total. The van der Waals surface area contributed by atoms with Crippen molar-refractivity contribution in [1.82, 2.24) is 9.88 Å². The summed E-state index contributed by atoms with van der Waals surface area (Å²) >= 11 is 1.12. The van der Waals surface area contributed by atoms with Gasteiger partial charge in [0.25, 0.3) is 0 Å². The van der Waals surface area contributed by atoms with Crippen molar-refractivity contribution >= 4 is 45.1 Å². The molecular weight excluding hydrogens is 414 g/mol. The van der Waals surface area contributed by atoms with Crippen molar-refractivity contribution in [2.45, 2.75) is 30.5 Å². The van der Waals surface area contributed by atoms with Crippen molar-refractivity contribution in [3.05, 3.63) is 52.6 Å². The molecule has 152 valence electrons. The van der Waals surface area contributed by atoms with E-state index >= 15 is 0 Å². The van der Waals surface area contributed by atoms with E-state index in [0.717, 1.165) is 29.1 Å². The molecular formula is C19H19N3O5S2. The van der Waals surface area contributed by atoms with Gasteiger partial charge in [-0.1, -0.05) is 5.16 Å². The third-order valence-electron chi connectivity index (χ3n) is 4.37. The highest BCUT2D eigenvalue weighted by Crippen LogP contribution is 2.32. The maximum absolute atomic E-state index is 12.4. The van der Waals surface area contributed by atoms with Crippen LogP contribution in [0.4, 0.5) is 5.69 Å². The standard InChI is InChI=1S/C19H19N3O5S2/c1-12-18(21-19(23)13-4-5-13)16(27-22-12)8-6-15-7-9-17(28-15)29(24,25)20-11-14-3-2-10-26-14/h2-3,6-10,13,20H,4-5,11H2,1H3,(H,21,23)/b8-6+. The Labute approximate surface area is 171 Å². The molecule has 0 aromatic carbocycles. The first-order valence-corrected chi connectivity index (χ1v) is 11.3. The normalized spacial score (nSPS) is 14.5. The molecule has 1 amide bonds.